The van der Waals surface area contributed by atoms with Crippen LogP contribution in [0.1, 0.15) is 24.1 Å². The Bertz CT molecular complexity index is 548. The number of nitrogens with one attached hydrogen (secondary N) is 1. The van der Waals surface area contributed by atoms with Crippen LogP contribution in [0.5, 0.6) is 0 Å². The highest BCUT2D eigenvalue weighted by atomic mass is 32.2. The van der Waals surface area contributed by atoms with E-state index < -0.39 is 0 Å². The zero-order valence-corrected chi connectivity index (χ0v) is 12.9. The van der Waals surface area contributed by atoms with Crippen molar-refractivity contribution in [2.45, 2.75) is 13.0 Å². The van der Waals surface area contributed by atoms with Gasteiger partial charge < -0.3 is 5.32 Å². The normalized spacial score (nSPS) is 14.9. The molecule has 0 fully saturated rings. The van der Waals surface area contributed by atoms with E-state index in [0.29, 0.717) is 12.0 Å². The summed E-state index contributed by atoms with van der Waals surface area (Å²) in [4.78, 5) is 0. The zero-order valence-electron chi connectivity index (χ0n) is 12.1. The molecule has 1 unspecified atom stereocenters. The Morgan fingerprint density at radius 2 is 1.55 bits per heavy atom. The van der Waals surface area contributed by atoms with E-state index >= 15 is 0 Å². The standard InChI is InChI=1S/C18H21NS/c1-13(12-20-2)11-19-18-16-9-5-3-7-14(16)15-8-4-6-10-17(15)18/h3-10,13,18-19H,11-12H2,1-2H3. The van der Waals surface area contributed by atoms with Gasteiger partial charge in [-0.2, -0.15) is 11.8 Å². The van der Waals surface area contributed by atoms with E-state index in [9.17, 15) is 0 Å². The minimum atomic E-state index is 0.353. The summed E-state index contributed by atoms with van der Waals surface area (Å²) in [6, 6.07) is 17.9. The van der Waals surface area contributed by atoms with Crippen molar-refractivity contribution in [2.24, 2.45) is 5.92 Å². The van der Waals surface area contributed by atoms with Gasteiger partial charge in [0.05, 0.1) is 6.04 Å². The molecule has 0 spiro atoms. The third kappa shape index (κ3) is 2.50. The average molecular weight is 283 g/mol. The number of thioether (sulfide) groups is 1. The van der Waals surface area contributed by atoms with E-state index in [0.717, 1.165) is 6.54 Å². The first-order chi connectivity index (χ1) is 9.81. The molecule has 1 nitrogen and oxygen atoms in total. The van der Waals surface area contributed by atoms with Crippen LogP contribution in [0.2, 0.25) is 0 Å². The lowest BCUT2D eigenvalue weighted by atomic mass is 10.0. The monoisotopic (exact) mass is 283 g/mol. The van der Waals surface area contributed by atoms with Crippen LogP contribution in [0.3, 0.4) is 0 Å². The van der Waals surface area contributed by atoms with Crippen molar-refractivity contribution >= 4 is 11.8 Å². The van der Waals surface area contributed by atoms with Crippen molar-refractivity contribution in [3.63, 3.8) is 0 Å². The van der Waals surface area contributed by atoms with Crippen LogP contribution < -0.4 is 5.32 Å². The van der Waals surface area contributed by atoms with Crippen LogP contribution in [0, 0.1) is 5.92 Å². The number of rotatable bonds is 5. The van der Waals surface area contributed by atoms with Gasteiger partial charge in [-0.1, -0.05) is 55.5 Å². The Hall–Kier alpha value is -1.25. The Kier molecular flexibility index (Phi) is 4.13. The van der Waals surface area contributed by atoms with Gasteiger partial charge in [0, 0.05) is 0 Å². The summed E-state index contributed by atoms with van der Waals surface area (Å²) in [7, 11) is 0. The molecule has 0 aliphatic heterocycles. The first-order valence-corrected chi connectivity index (χ1v) is 8.61. The fourth-order valence-electron chi connectivity index (χ4n) is 3.04. The van der Waals surface area contributed by atoms with Crippen molar-refractivity contribution < 1.29 is 0 Å². The van der Waals surface area contributed by atoms with Crippen LogP contribution in [0.15, 0.2) is 48.5 Å². The molecule has 0 aromatic heterocycles. The van der Waals surface area contributed by atoms with Crippen LogP contribution in [0.4, 0.5) is 0 Å². The quantitative estimate of drug-likeness (QED) is 0.875. The maximum absolute atomic E-state index is 3.77. The summed E-state index contributed by atoms with van der Waals surface area (Å²) < 4.78 is 0. The van der Waals surface area contributed by atoms with Gasteiger partial charge in [-0.3, -0.25) is 0 Å². The maximum Gasteiger partial charge on any atom is 0.0589 e. The van der Waals surface area contributed by atoms with Gasteiger partial charge in [-0.05, 0) is 46.7 Å². The van der Waals surface area contributed by atoms with Crippen LogP contribution in [-0.2, 0) is 0 Å². The summed E-state index contributed by atoms with van der Waals surface area (Å²) in [6.45, 7) is 3.38. The molecule has 20 heavy (non-hydrogen) atoms. The molecule has 104 valence electrons. The second kappa shape index (κ2) is 6.02. The third-order valence-corrected chi connectivity index (χ3v) is 4.86. The number of hydrogen-bond donors (Lipinski definition) is 1. The second-order valence-electron chi connectivity index (χ2n) is 5.58. The molecule has 1 atom stereocenters. The predicted molar refractivity (Wildman–Crippen MR) is 89.3 cm³/mol. The van der Waals surface area contributed by atoms with Crippen LogP contribution in [-0.4, -0.2) is 18.6 Å². The molecular weight excluding hydrogens is 262 g/mol. The summed E-state index contributed by atoms with van der Waals surface area (Å²) in [5, 5.41) is 3.77. The van der Waals surface area contributed by atoms with E-state index in [2.05, 4.69) is 67.0 Å². The van der Waals surface area contributed by atoms with Crippen LogP contribution >= 0.6 is 11.8 Å². The highest BCUT2D eigenvalue weighted by molar-refractivity contribution is 7.98. The number of fused-ring (bicyclic) bond motifs is 3. The summed E-state index contributed by atoms with van der Waals surface area (Å²) in [5.41, 5.74) is 5.62. The van der Waals surface area contributed by atoms with E-state index in [1.54, 1.807) is 0 Å². The van der Waals surface area contributed by atoms with E-state index in [4.69, 9.17) is 0 Å². The predicted octanol–water partition coefficient (Wildman–Crippen LogP) is 4.35. The molecule has 0 saturated heterocycles. The zero-order chi connectivity index (χ0) is 13.9. The summed E-state index contributed by atoms with van der Waals surface area (Å²) in [5.74, 6) is 1.91. The number of benzene rings is 2. The molecule has 1 aliphatic rings. The molecule has 0 radical (unpaired) electrons. The van der Waals surface area contributed by atoms with Gasteiger partial charge in [0.1, 0.15) is 0 Å². The van der Waals surface area contributed by atoms with Crippen molar-refractivity contribution in [3.8, 4) is 11.1 Å². The molecular formula is C18H21NS. The van der Waals surface area contributed by atoms with Gasteiger partial charge in [0.2, 0.25) is 0 Å². The van der Waals surface area contributed by atoms with E-state index in [-0.39, 0.29) is 0 Å². The molecule has 1 aliphatic carbocycles. The molecule has 1 N–H and O–H groups in total. The van der Waals surface area contributed by atoms with E-state index in [1.165, 1.54) is 28.0 Å². The fourth-order valence-corrected chi connectivity index (χ4v) is 3.72. The van der Waals surface area contributed by atoms with Gasteiger partial charge in [0.25, 0.3) is 0 Å². The topological polar surface area (TPSA) is 12.0 Å². The van der Waals surface area contributed by atoms with Crippen molar-refractivity contribution in [1.29, 1.82) is 0 Å². The lowest BCUT2D eigenvalue weighted by Crippen LogP contribution is -2.26. The van der Waals surface area contributed by atoms with Crippen LogP contribution in [0.25, 0.3) is 11.1 Å². The van der Waals surface area contributed by atoms with Gasteiger partial charge in [-0.15, -0.1) is 0 Å². The minimum absolute atomic E-state index is 0.353. The second-order valence-corrected chi connectivity index (χ2v) is 6.49. The van der Waals surface area contributed by atoms with E-state index in [1.807, 2.05) is 11.8 Å². The highest BCUT2D eigenvalue weighted by Gasteiger charge is 2.27. The fraction of sp³-hybridized carbons (Fsp3) is 0.333. The van der Waals surface area contributed by atoms with Gasteiger partial charge in [-0.25, -0.2) is 0 Å². The molecule has 2 aromatic rings. The van der Waals surface area contributed by atoms with Crippen molar-refractivity contribution in [3.05, 3.63) is 59.7 Å². The van der Waals surface area contributed by atoms with Crippen molar-refractivity contribution in [1.82, 2.24) is 5.32 Å². The molecule has 2 heteroatoms. The van der Waals surface area contributed by atoms with Crippen molar-refractivity contribution in [2.75, 3.05) is 18.6 Å². The summed E-state index contributed by atoms with van der Waals surface area (Å²) in [6.07, 6.45) is 2.18. The van der Waals surface area contributed by atoms with Gasteiger partial charge in [0.15, 0.2) is 0 Å². The lowest BCUT2D eigenvalue weighted by Gasteiger charge is -2.19. The Morgan fingerprint density at radius 3 is 2.10 bits per heavy atom. The molecule has 0 amide bonds. The Morgan fingerprint density at radius 1 is 1.00 bits per heavy atom. The Balaban J connectivity index is 1.87. The lowest BCUT2D eigenvalue weighted by molar-refractivity contribution is 0.523. The average Bonchev–Trinajstić information content (AvgIpc) is 2.80. The number of hydrogen-bond acceptors (Lipinski definition) is 2. The highest BCUT2D eigenvalue weighted by Crippen LogP contribution is 2.42. The smallest absolute Gasteiger partial charge is 0.0589 e. The molecule has 2 aromatic carbocycles. The first-order valence-electron chi connectivity index (χ1n) is 7.22. The largest absolute Gasteiger partial charge is 0.306 e. The molecule has 0 bridgehead atoms. The SMILES string of the molecule is CSCC(C)CNC1c2ccccc2-c2ccccc21. The Labute approximate surface area is 125 Å². The maximum atomic E-state index is 3.77. The van der Waals surface area contributed by atoms with Gasteiger partial charge >= 0.3 is 0 Å². The third-order valence-electron chi connectivity index (χ3n) is 3.96. The first kappa shape index (κ1) is 13.7. The molecule has 3 rings (SSSR count). The summed E-state index contributed by atoms with van der Waals surface area (Å²) >= 11 is 1.92. The molecule has 0 heterocycles. The minimum Gasteiger partial charge on any atom is -0.306 e. The molecule has 0 saturated carbocycles.